The molecule has 1 aromatic rings. The summed E-state index contributed by atoms with van der Waals surface area (Å²) in [5.74, 6) is 1.64. The highest BCUT2D eigenvalue weighted by atomic mass is 16.4. The van der Waals surface area contributed by atoms with E-state index >= 15 is 0 Å². The van der Waals surface area contributed by atoms with E-state index in [1.807, 2.05) is 39.0 Å². The molecule has 0 radical (unpaired) electrons. The van der Waals surface area contributed by atoms with Gasteiger partial charge >= 0.3 is 0 Å². The molecule has 1 aliphatic carbocycles. The second-order valence-corrected chi connectivity index (χ2v) is 2.54. The fourth-order valence-electron chi connectivity index (χ4n) is 1.16. The Balaban J connectivity index is 0.000000396. The van der Waals surface area contributed by atoms with Gasteiger partial charge in [-0.2, -0.15) is 0 Å². The molecular formula is C11H15NO. The Morgan fingerprint density at radius 1 is 1.31 bits per heavy atom. The minimum Gasteiger partial charge on any atom is -0.441 e. The third kappa shape index (κ3) is 2.31. The van der Waals surface area contributed by atoms with Gasteiger partial charge in [-0.25, -0.2) is 4.98 Å². The average molecular weight is 177 g/mol. The zero-order valence-corrected chi connectivity index (χ0v) is 8.37. The Kier molecular flexibility index (Phi) is 3.50. The van der Waals surface area contributed by atoms with Crippen LogP contribution in [0.25, 0.3) is 6.08 Å². The Labute approximate surface area is 79.0 Å². The Bertz CT molecular complexity index is 321. The van der Waals surface area contributed by atoms with Crippen LogP contribution < -0.4 is 0 Å². The number of hydrogen-bond donors (Lipinski definition) is 0. The largest absolute Gasteiger partial charge is 0.441 e. The molecule has 0 amide bonds. The summed E-state index contributed by atoms with van der Waals surface area (Å²) < 4.78 is 5.35. The van der Waals surface area contributed by atoms with Crippen LogP contribution >= 0.6 is 0 Å². The second kappa shape index (κ2) is 4.65. The smallest absolute Gasteiger partial charge is 0.192 e. The fourth-order valence-corrected chi connectivity index (χ4v) is 1.16. The van der Waals surface area contributed by atoms with Gasteiger partial charge in [0.25, 0.3) is 0 Å². The molecule has 0 atom stereocenters. The number of hydrogen-bond acceptors (Lipinski definition) is 2. The average Bonchev–Trinajstić information content (AvgIpc) is 2.36. The van der Waals surface area contributed by atoms with E-state index in [0.717, 1.165) is 23.8 Å². The normalized spacial score (nSPS) is 12.8. The highest BCUT2D eigenvalue weighted by Gasteiger charge is 2.06. The zero-order valence-electron chi connectivity index (χ0n) is 8.37. The van der Waals surface area contributed by atoms with Crippen molar-refractivity contribution >= 4 is 6.08 Å². The van der Waals surface area contributed by atoms with E-state index in [1.165, 1.54) is 0 Å². The minimum absolute atomic E-state index is 0.745. The lowest BCUT2D eigenvalue weighted by Crippen LogP contribution is -1.82. The first-order valence-electron chi connectivity index (χ1n) is 4.66. The molecule has 0 saturated heterocycles. The van der Waals surface area contributed by atoms with Gasteiger partial charge in [0.05, 0.1) is 5.69 Å². The van der Waals surface area contributed by atoms with Gasteiger partial charge in [-0.15, -0.1) is 0 Å². The zero-order chi connectivity index (χ0) is 9.68. The van der Waals surface area contributed by atoms with Crippen molar-refractivity contribution in [2.24, 2.45) is 0 Å². The van der Waals surface area contributed by atoms with Crippen molar-refractivity contribution in [3.05, 3.63) is 35.6 Å². The Morgan fingerprint density at radius 2 is 2.08 bits per heavy atom. The van der Waals surface area contributed by atoms with E-state index in [9.17, 15) is 0 Å². The SMILES string of the molecule is CC.Cc1nc2c(o1)C=CC=CC2. The molecular weight excluding hydrogens is 162 g/mol. The summed E-state index contributed by atoms with van der Waals surface area (Å²) in [5, 5.41) is 0. The summed E-state index contributed by atoms with van der Waals surface area (Å²) in [5.41, 5.74) is 1.03. The maximum absolute atomic E-state index is 5.35. The molecule has 0 fully saturated rings. The van der Waals surface area contributed by atoms with E-state index in [1.54, 1.807) is 0 Å². The van der Waals surface area contributed by atoms with E-state index in [2.05, 4.69) is 11.1 Å². The molecule has 2 nitrogen and oxygen atoms in total. The Hall–Kier alpha value is -1.31. The number of rotatable bonds is 0. The first-order chi connectivity index (χ1) is 6.36. The molecule has 1 heterocycles. The van der Waals surface area contributed by atoms with Gasteiger partial charge in [-0.3, -0.25) is 0 Å². The van der Waals surface area contributed by atoms with Gasteiger partial charge in [-0.05, 0) is 6.08 Å². The lowest BCUT2D eigenvalue weighted by molar-refractivity contribution is 0.512. The van der Waals surface area contributed by atoms with Crippen LogP contribution in [0.1, 0.15) is 31.2 Å². The van der Waals surface area contributed by atoms with Crippen LogP contribution in [0.4, 0.5) is 0 Å². The summed E-state index contributed by atoms with van der Waals surface area (Å²) in [6, 6.07) is 0. The molecule has 0 aromatic carbocycles. The van der Waals surface area contributed by atoms with Crippen LogP contribution in [0.5, 0.6) is 0 Å². The van der Waals surface area contributed by atoms with E-state index in [-0.39, 0.29) is 0 Å². The van der Waals surface area contributed by atoms with Crippen LogP contribution in [-0.2, 0) is 6.42 Å². The standard InChI is InChI=1S/C9H9NO.C2H6/c1-7-10-8-5-3-2-4-6-9(8)11-7;1-2/h2-4,6H,5H2,1H3;1-2H3. The number of oxazole rings is 1. The maximum Gasteiger partial charge on any atom is 0.192 e. The van der Waals surface area contributed by atoms with Gasteiger partial charge in [0.1, 0.15) is 0 Å². The maximum atomic E-state index is 5.35. The fraction of sp³-hybridized carbons (Fsp3) is 0.364. The first-order valence-corrected chi connectivity index (χ1v) is 4.66. The molecule has 1 aromatic heterocycles. The lowest BCUT2D eigenvalue weighted by atomic mass is 10.3. The van der Waals surface area contributed by atoms with Crippen LogP contribution in [0, 0.1) is 6.92 Å². The van der Waals surface area contributed by atoms with Crippen LogP contribution in [-0.4, -0.2) is 4.98 Å². The summed E-state index contributed by atoms with van der Waals surface area (Å²) >= 11 is 0. The van der Waals surface area contributed by atoms with E-state index < -0.39 is 0 Å². The van der Waals surface area contributed by atoms with Crippen LogP contribution in [0.15, 0.2) is 22.6 Å². The van der Waals surface area contributed by atoms with Crippen molar-refractivity contribution in [3.63, 3.8) is 0 Å². The number of nitrogens with zero attached hydrogens (tertiary/aromatic N) is 1. The van der Waals surface area contributed by atoms with Gasteiger partial charge in [0.2, 0.25) is 0 Å². The van der Waals surface area contributed by atoms with Crippen molar-refractivity contribution in [3.8, 4) is 0 Å². The second-order valence-electron chi connectivity index (χ2n) is 2.54. The monoisotopic (exact) mass is 177 g/mol. The molecule has 0 spiro atoms. The van der Waals surface area contributed by atoms with Gasteiger partial charge < -0.3 is 4.42 Å². The quantitative estimate of drug-likeness (QED) is 0.608. The minimum atomic E-state index is 0.745. The molecule has 2 rings (SSSR count). The third-order valence-corrected chi connectivity index (χ3v) is 1.64. The molecule has 70 valence electrons. The topological polar surface area (TPSA) is 26.0 Å². The molecule has 1 aliphatic rings. The molecule has 0 saturated carbocycles. The van der Waals surface area contributed by atoms with Gasteiger partial charge in [-0.1, -0.05) is 32.1 Å². The summed E-state index contributed by atoms with van der Waals surface area (Å²) in [7, 11) is 0. The lowest BCUT2D eigenvalue weighted by Gasteiger charge is -1.85. The van der Waals surface area contributed by atoms with Crippen molar-refractivity contribution in [2.45, 2.75) is 27.2 Å². The number of aryl methyl sites for hydroxylation is 1. The van der Waals surface area contributed by atoms with Crippen molar-refractivity contribution < 1.29 is 4.42 Å². The van der Waals surface area contributed by atoms with Crippen molar-refractivity contribution in [2.75, 3.05) is 0 Å². The predicted molar refractivity (Wildman–Crippen MR) is 54.5 cm³/mol. The molecule has 0 N–H and O–H groups in total. The van der Waals surface area contributed by atoms with Gasteiger partial charge in [0.15, 0.2) is 11.7 Å². The summed E-state index contributed by atoms with van der Waals surface area (Å²) in [4.78, 5) is 4.24. The highest BCUT2D eigenvalue weighted by molar-refractivity contribution is 5.50. The number of allylic oxidation sites excluding steroid dienone is 3. The Morgan fingerprint density at radius 3 is 2.85 bits per heavy atom. The van der Waals surface area contributed by atoms with Crippen LogP contribution in [0.2, 0.25) is 0 Å². The first kappa shape index (κ1) is 9.78. The third-order valence-electron chi connectivity index (χ3n) is 1.64. The molecule has 0 unspecified atom stereocenters. The molecule has 0 bridgehead atoms. The van der Waals surface area contributed by atoms with Crippen molar-refractivity contribution in [1.29, 1.82) is 0 Å². The summed E-state index contributed by atoms with van der Waals surface area (Å²) in [6.45, 7) is 5.87. The van der Waals surface area contributed by atoms with E-state index in [0.29, 0.717) is 0 Å². The summed E-state index contributed by atoms with van der Waals surface area (Å²) in [6.07, 6.45) is 8.87. The van der Waals surface area contributed by atoms with E-state index in [4.69, 9.17) is 4.42 Å². The number of aromatic nitrogens is 1. The predicted octanol–water partition coefficient (Wildman–Crippen LogP) is 3.13. The number of fused-ring (bicyclic) bond motifs is 1. The van der Waals surface area contributed by atoms with Crippen LogP contribution in [0.3, 0.4) is 0 Å². The molecule has 2 heteroatoms. The van der Waals surface area contributed by atoms with Gasteiger partial charge in [0, 0.05) is 13.3 Å². The molecule has 13 heavy (non-hydrogen) atoms. The van der Waals surface area contributed by atoms with Crippen molar-refractivity contribution in [1.82, 2.24) is 4.98 Å². The molecule has 0 aliphatic heterocycles. The highest BCUT2D eigenvalue weighted by Crippen LogP contribution is 2.15.